The highest BCUT2D eigenvalue weighted by Gasteiger charge is 2.36. The normalized spacial score (nSPS) is 20.1. The zero-order chi connectivity index (χ0) is 14.9. The van der Waals surface area contributed by atoms with Gasteiger partial charge in [0.1, 0.15) is 6.04 Å². The van der Waals surface area contributed by atoms with Gasteiger partial charge in [0.05, 0.1) is 6.26 Å². The minimum absolute atomic E-state index is 0.250. The monoisotopic (exact) mass is 296 g/mol. The molecule has 5 nitrogen and oxygen atoms in total. The molecule has 110 valence electrons. The van der Waals surface area contributed by atoms with Crippen molar-refractivity contribution in [1.82, 2.24) is 4.31 Å². The van der Waals surface area contributed by atoms with Gasteiger partial charge in [-0.15, -0.1) is 0 Å². The summed E-state index contributed by atoms with van der Waals surface area (Å²) in [6.07, 6.45) is 2.44. The molecule has 1 aliphatic rings. The highest BCUT2D eigenvalue weighted by molar-refractivity contribution is 7.88. The molecule has 0 bridgehead atoms. The predicted molar refractivity (Wildman–Crippen MR) is 79.1 cm³/mol. The molecule has 1 aromatic rings. The lowest BCUT2D eigenvalue weighted by molar-refractivity contribution is -0.119. The van der Waals surface area contributed by atoms with E-state index < -0.39 is 16.1 Å². The molecule has 0 spiro atoms. The summed E-state index contributed by atoms with van der Waals surface area (Å²) in [5.41, 5.74) is 2.84. The summed E-state index contributed by atoms with van der Waals surface area (Å²) in [6, 6.07) is 5.16. The summed E-state index contributed by atoms with van der Waals surface area (Å²) in [6.45, 7) is 4.33. The van der Waals surface area contributed by atoms with E-state index in [1.165, 1.54) is 4.31 Å². The smallest absolute Gasteiger partial charge is 0.242 e. The maximum absolute atomic E-state index is 12.3. The summed E-state index contributed by atoms with van der Waals surface area (Å²) in [7, 11) is -3.33. The molecular formula is C14H20N2O3S. The quantitative estimate of drug-likeness (QED) is 0.922. The molecule has 0 saturated carbocycles. The lowest BCUT2D eigenvalue weighted by Crippen LogP contribution is -2.42. The van der Waals surface area contributed by atoms with E-state index in [1.807, 2.05) is 32.0 Å². The molecular weight excluding hydrogens is 276 g/mol. The first-order valence-corrected chi connectivity index (χ1v) is 8.49. The van der Waals surface area contributed by atoms with Crippen molar-refractivity contribution in [2.75, 3.05) is 18.1 Å². The number of benzene rings is 1. The van der Waals surface area contributed by atoms with Gasteiger partial charge in [-0.25, -0.2) is 8.42 Å². The van der Waals surface area contributed by atoms with E-state index in [-0.39, 0.29) is 5.91 Å². The van der Waals surface area contributed by atoms with Crippen molar-refractivity contribution >= 4 is 21.6 Å². The highest BCUT2D eigenvalue weighted by Crippen LogP contribution is 2.23. The molecule has 0 aliphatic carbocycles. The predicted octanol–water partition coefficient (Wildman–Crippen LogP) is 1.67. The third-order valence-electron chi connectivity index (χ3n) is 3.57. The largest absolute Gasteiger partial charge is 0.324 e. The topological polar surface area (TPSA) is 66.5 Å². The van der Waals surface area contributed by atoms with Crippen LogP contribution in [0.15, 0.2) is 18.2 Å². The van der Waals surface area contributed by atoms with Crippen molar-refractivity contribution in [2.45, 2.75) is 32.7 Å². The molecule has 1 saturated heterocycles. The second kappa shape index (κ2) is 5.54. The number of aryl methyl sites for hydroxylation is 2. The van der Waals surface area contributed by atoms with Crippen LogP contribution in [0.25, 0.3) is 0 Å². The van der Waals surface area contributed by atoms with E-state index in [2.05, 4.69) is 5.32 Å². The Bertz CT molecular complexity index is 625. The van der Waals surface area contributed by atoms with E-state index in [1.54, 1.807) is 0 Å². The van der Waals surface area contributed by atoms with E-state index in [9.17, 15) is 13.2 Å². The SMILES string of the molecule is Cc1ccc(NC(=O)C2CCCN2S(C)(=O)=O)c(C)c1. The first kappa shape index (κ1) is 15.0. The molecule has 6 heteroatoms. The molecule has 1 unspecified atom stereocenters. The minimum atomic E-state index is -3.33. The van der Waals surface area contributed by atoms with Gasteiger partial charge >= 0.3 is 0 Å². The van der Waals surface area contributed by atoms with Crippen molar-refractivity contribution < 1.29 is 13.2 Å². The summed E-state index contributed by atoms with van der Waals surface area (Å²) in [5.74, 6) is -0.250. The number of rotatable bonds is 3. The number of hydrogen-bond acceptors (Lipinski definition) is 3. The Hall–Kier alpha value is -1.40. The molecule has 1 N–H and O–H groups in total. The Balaban J connectivity index is 2.16. The van der Waals surface area contributed by atoms with Gasteiger partial charge in [0.15, 0.2) is 0 Å². The lowest BCUT2D eigenvalue weighted by atomic mass is 10.1. The fraction of sp³-hybridized carbons (Fsp3) is 0.500. The zero-order valence-electron chi connectivity index (χ0n) is 12.0. The number of anilines is 1. The molecule has 1 aromatic carbocycles. The number of hydrogen-bond donors (Lipinski definition) is 1. The third kappa shape index (κ3) is 3.19. The Labute approximate surface area is 120 Å². The molecule has 1 atom stereocenters. The highest BCUT2D eigenvalue weighted by atomic mass is 32.2. The van der Waals surface area contributed by atoms with Crippen LogP contribution in [0.5, 0.6) is 0 Å². The van der Waals surface area contributed by atoms with E-state index in [4.69, 9.17) is 0 Å². The van der Waals surface area contributed by atoms with Crippen molar-refractivity contribution in [3.8, 4) is 0 Å². The average molecular weight is 296 g/mol. The summed E-state index contributed by atoms with van der Waals surface area (Å²) in [4.78, 5) is 12.3. The van der Waals surface area contributed by atoms with E-state index in [0.717, 1.165) is 29.5 Å². The van der Waals surface area contributed by atoms with Crippen molar-refractivity contribution in [1.29, 1.82) is 0 Å². The molecule has 20 heavy (non-hydrogen) atoms. The molecule has 1 aliphatic heterocycles. The van der Waals surface area contributed by atoms with Crippen LogP contribution in [0, 0.1) is 13.8 Å². The number of nitrogens with zero attached hydrogens (tertiary/aromatic N) is 1. The van der Waals surface area contributed by atoms with Crippen LogP contribution in [-0.2, 0) is 14.8 Å². The van der Waals surface area contributed by atoms with Crippen LogP contribution in [0.2, 0.25) is 0 Å². The summed E-state index contributed by atoms with van der Waals surface area (Å²) < 4.78 is 24.6. The Morgan fingerprint density at radius 2 is 2.05 bits per heavy atom. The van der Waals surface area contributed by atoms with Gasteiger partial charge in [0.2, 0.25) is 15.9 Å². The zero-order valence-corrected chi connectivity index (χ0v) is 12.8. The molecule has 1 heterocycles. The van der Waals surface area contributed by atoms with Gasteiger partial charge in [0.25, 0.3) is 0 Å². The Kier molecular flexibility index (Phi) is 4.15. The number of sulfonamides is 1. The number of carbonyl (C=O) groups excluding carboxylic acids is 1. The van der Waals surface area contributed by atoms with Gasteiger partial charge < -0.3 is 5.32 Å². The first-order valence-electron chi connectivity index (χ1n) is 6.64. The fourth-order valence-electron chi connectivity index (χ4n) is 2.57. The Morgan fingerprint density at radius 1 is 1.35 bits per heavy atom. The van der Waals surface area contributed by atoms with Gasteiger partial charge in [-0.2, -0.15) is 4.31 Å². The maximum Gasteiger partial charge on any atom is 0.242 e. The lowest BCUT2D eigenvalue weighted by Gasteiger charge is -2.21. The number of carbonyl (C=O) groups is 1. The van der Waals surface area contributed by atoms with Gasteiger partial charge in [0, 0.05) is 12.2 Å². The van der Waals surface area contributed by atoms with Gasteiger partial charge in [-0.05, 0) is 38.3 Å². The molecule has 0 radical (unpaired) electrons. The third-order valence-corrected chi connectivity index (χ3v) is 4.86. The second-order valence-electron chi connectivity index (χ2n) is 5.34. The number of nitrogens with one attached hydrogen (secondary N) is 1. The summed E-state index contributed by atoms with van der Waals surface area (Å²) >= 11 is 0. The first-order chi connectivity index (χ1) is 9.29. The standard InChI is InChI=1S/C14H20N2O3S/c1-10-6-7-12(11(2)9-10)15-14(17)13-5-4-8-16(13)20(3,18)19/h6-7,9,13H,4-5,8H2,1-3H3,(H,15,17). The minimum Gasteiger partial charge on any atom is -0.324 e. The summed E-state index contributed by atoms with van der Waals surface area (Å²) in [5, 5.41) is 2.84. The van der Waals surface area contributed by atoms with Crippen LogP contribution in [0.1, 0.15) is 24.0 Å². The van der Waals surface area contributed by atoms with Crippen LogP contribution in [-0.4, -0.2) is 37.5 Å². The van der Waals surface area contributed by atoms with Crippen molar-refractivity contribution in [3.63, 3.8) is 0 Å². The van der Waals surface area contributed by atoms with E-state index in [0.29, 0.717) is 13.0 Å². The number of amides is 1. The average Bonchev–Trinajstić information content (AvgIpc) is 2.81. The molecule has 1 fully saturated rings. The molecule has 2 rings (SSSR count). The fourth-order valence-corrected chi connectivity index (χ4v) is 3.69. The van der Waals surface area contributed by atoms with Crippen LogP contribution >= 0.6 is 0 Å². The van der Waals surface area contributed by atoms with Crippen molar-refractivity contribution in [2.24, 2.45) is 0 Å². The molecule has 1 amide bonds. The van der Waals surface area contributed by atoms with Gasteiger partial charge in [-0.1, -0.05) is 17.7 Å². The van der Waals surface area contributed by atoms with Gasteiger partial charge in [-0.3, -0.25) is 4.79 Å². The van der Waals surface area contributed by atoms with Crippen LogP contribution < -0.4 is 5.32 Å². The molecule has 0 aromatic heterocycles. The van der Waals surface area contributed by atoms with Crippen LogP contribution in [0.3, 0.4) is 0 Å². The Morgan fingerprint density at radius 3 is 2.65 bits per heavy atom. The second-order valence-corrected chi connectivity index (χ2v) is 7.27. The maximum atomic E-state index is 12.3. The van der Waals surface area contributed by atoms with E-state index >= 15 is 0 Å². The van der Waals surface area contributed by atoms with Crippen LogP contribution in [0.4, 0.5) is 5.69 Å². The van der Waals surface area contributed by atoms with Crippen molar-refractivity contribution in [3.05, 3.63) is 29.3 Å².